The summed E-state index contributed by atoms with van der Waals surface area (Å²) in [5.41, 5.74) is 5.71. The lowest BCUT2D eigenvalue weighted by molar-refractivity contribution is 0.662. The molecule has 1 rings (SSSR count). The van der Waals surface area contributed by atoms with Crippen LogP contribution in [0.25, 0.3) is 0 Å². The van der Waals surface area contributed by atoms with Crippen LogP contribution in [0.5, 0.6) is 0 Å². The Kier molecular flexibility index (Phi) is 5.04. The lowest BCUT2D eigenvalue weighted by atomic mass is 10.2. The van der Waals surface area contributed by atoms with Crippen molar-refractivity contribution in [2.24, 2.45) is 5.73 Å². The van der Waals surface area contributed by atoms with Crippen molar-refractivity contribution in [3.8, 4) is 0 Å². The first kappa shape index (κ1) is 11.6. The maximum Gasteiger partial charge on any atom is 0.133 e. The van der Waals surface area contributed by atoms with Crippen LogP contribution in [0.4, 0.5) is 0 Å². The zero-order chi connectivity index (χ0) is 10.4. The molecule has 3 nitrogen and oxygen atoms in total. The lowest BCUT2D eigenvalue weighted by Gasteiger charge is -1.96. The standard InChI is InChI=1S/C10H19N3S/c1-3-4-5-6-7-9-12-13-10(14-9)8(2)11/h8H,3-7,11H2,1-2H3. The van der Waals surface area contributed by atoms with E-state index in [1.54, 1.807) is 11.3 Å². The summed E-state index contributed by atoms with van der Waals surface area (Å²) in [6, 6.07) is 0.0249. The largest absolute Gasteiger partial charge is 0.322 e. The van der Waals surface area contributed by atoms with Gasteiger partial charge in [-0.3, -0.25) is 0 Å². The Bertz CT molecular complexity index is 258. The lowest BCUT2D eigenvalue weighted by Crippen LogP contribution is -2.03. The van der Waals surface area contributed by atoms with Gasteiger partial charge in [0.1, 0.15) is 10.0 Å². The van der Waals surface area contributed by atoms with Gasteiger partial charge in [-0.1, -0.05) is 37.5 Å². The molecular formula is C10H19N3S. The molecule has 0 fully saturated rings. The third-order valence-corrected chi connectivity index (χ3v) is 3.30. The van der Waals surface area contributed by atoms with E-state index in [9.17, 15) is 0 Å². The highest BCUT2D eigenvalue weighted by atomic mass is 32.1. The highest BCUT2D eigenvalue weighted by Crippen LogP contribution is 2.17. The fourth-order valence-electron chi connectivity index (χ4n) is 1.25. The zero-order valence-corrected chi connectivity index (χ0v) is 9.81. The highest BCUT2D eigenvalue weighted by Gasteiger charge is 2.07. The molecule has 1 aromatic rings. The minimum atomic E-state index is 0.0249. The number of hydrogen-bond donors (Lipinski definition) is 1. The fourth-order valence-corrected chi connectivity index (χ4v) is 2.09. The SMILES string of the molecule is CCCCCCc1nnc(C(C)N)s1. The van der Waals surface area contributed by atoms with Crippen molar-refractivity contribution in [3.63, 3.8) is 0 Å². The predicted octanol–water partition coefficient (Wildman–Crippen LogP) is 2.68. The van der Waals surface area contributed by atoms with Crippen LogP contribution >= 0.6 is 11.3 Å². The second kappa shape index (κ2) is 6.09. The van der Waals surface area contributed by atoms with Crippen molar-refractivity contribution in [2.45, 2.75) is 52.0 Å². The van der Waals surface area contributed by atoms with E-state index >= 15 is 0 Å². The summed E-state index contributed by atoms with van der Waals surface area (Å²) in [4.78, 5) is 0. The molecule has 0 aliphatic rings. The monoisotopic (exact) mass is 213 g/mol. The van der Waals surface area contributed by atoms with Crippen molar-refractivity contribution < 1.29 is 0 Å². The number of rotatable bonds is 6. The summed E-state index contributed by atoms with van der Waals surface area (Å²) in [6.07, 6.45) is 6.18. The van der Waals surface area contributed by atoms with E-state index in [0.29, 0.717) is 0 Å². The zero-order valence-electron chi connectivity index (χ0n) is 8.99. The van der Waals surface area contributed by atoms with Crippen LogP contribution in [-0.2, 0) is 6.42 Å². The maximum atomic E-state index is 5.71. The van der Waals surface area contributed by atoms with Crippen LogP contribution in [0.1, 0.15) is 55.6 Å². The predicted molar refractivity (Wildman–Crippen MR) is 60.4 cm³/mol. The smallest absolute Gasteiger partial charge is 0.133 e. The van der Waals surface area contributed by atoms with Crippen LogP contribution in [-0.4, -0.2) is 10.2 Å². The van der Waals surface area contributed by atoms with Crippen molar-refractivity contribution in [1.82, 2.24) is 10.2 Å². The Morgan fingerprint density at radius 1 is 1.29 bits per heavy atom. The van der Waals surface area contributed by atoms with Crippen LogP contribution in [0.15, 0.2) is 0 Å². The Balaban J connectivity index is 2.29. The van der Waals surface area contributed by atoms with Gasteiger partial charge in [0.15, 0.2) is 0 Å². The Labute approximate surface area is 89.7 Å². The number of hydrogen-bond acceptors (Lipinski definition) is 4. The first-order chi connectivity index (χ1) is 6.74. The number of unbranched alkanes of at least 4 members (excludes halogenated alkanes) is 3. The van der Waals surface area contributed by atoms with Gasteiger partial charge in [0, 0.05) is 6.42 Å². The van der Waals surface area contributed by atoms with Crippen LogP contribution < -0.4 is 5.73 Å². The fraction of sp³-hybridized carbons (Fsp3) is 0.800. The van der Waals surface area contributed by atoms with E-state index in [4.69, 9.17) is 5.73 Å². The Morgan fingerprint density at radius 2 is 2.07 bits per heavy atom. The van der Waals surface area contributed by atoms with Crippen molar-refractivity contribution >= 4 is 11.3 Å². The Morgan fingerprint density at radius 3 is 2.64 bits per heavy atom. The molecule has 2 N–H and O–H groups in total. The molecule has 0 bridgehead atoms. The average Bonchev–Trinajstić information content (AvgIpc) is 2.61. The number of nitrogens with zero attached hydrogens (tertiary/aromatic N) is 2. The van der Waals surface area contributed by atoms with Gasteiger partial charge >= 0.3 is 0 Å². The average molecular weight is 213 g/mol. The molecule has 1 unspecified atom stereocenters. The van der Waals surface area contributed by atoms with E-state index in [1.807, 2.05) is 6.92 Å². The number of nitrogens with two attached hydrogens (primary N) is 1. The molecule has 1 heterocycles. The molecule has 1 aromatic heterocycles. The first-order valence-corrected chi connectivity index (χ1v) is 6.13. The van der Waals surface area contributed by atoms with Gasteiger partial charge < -0.3 is 5.73 Å². The molecule has 0 aliphatic heterocycles. The van der Waals surface area contributed by atoms with E-state index in [-0.39, 0.29) is 6.04 Å². The molecule has 0 amide bonds. The summed E-state index contributed by atoms with van der Waals surface area (Å²) in [5.74, 6) is 0. The van der Waals surface area contributed by atoms with Crippen molar-refractivity contribution in [3.05, 3.63) is 10.0 Å². The molecule has 14 heavy (non-hydrogen) atoms. The second-order valence-electron chi connectivity index (χ2n) is 3.63. The van der Waals surface area contributed by atoms with Crippen LogP contribution in [0, 0.1) is 0 Å². The minimum Gasteiger partial charge on any atom is -0.322 e. The number of aryl methyl sites for hydroxylation is 1. The van der Waals surface area contributed by atoms with Crippen molar-refractivity contribution in [2.75, 3.05) is 0 Å². The van der Waals surface area contributed by atoms with E-state index in [1.165, 1.54) is 25.7 Å². The van der Waals surface area contributed by atoms with E-state index in [2.05, 4.69) is 17.1 Å². The van der Waals surface area contributed by atoms with Gasteiger partial charge in [0.2, 0.25) is 0 Å². The summed E-state index contributed by atoms with van der Waals surface area (Å²) < 4.78 is 0. The molecular weight excluding hydrogens is 194 g/mol. The second-order valence-corrected chi connectivity index (χ2v) is 4.73. The Hall–Kier alpha value is -0.480. The third kappa shape index (κ3) is 3.72. The molecule has 80 valence electrons. The number of aromatic nitrogens is 2. The van der Waals surface area contributed by atoms with Gasteiger partial charge in [0.25, 0.3) is 0 Å². The van der Waals surface area contributed by atoms with E-state index < -0.39 is 0 Å². The van der Waals surface area contributed by atoms with Crippen molar-refractivity contribution in [1.29, 1.82) is 0 Å². The molecule has 1 atom stereocenters. The summed E-state index contributed by atoms with van der Waals surface area (Å²) in [6.45, 7) is 4.17. The highest BCUT2D eigenvalue weighted by molar-refractivity contribution is 7.11. The summed E-state index contributed by atoms with van der Waals surface area (Å²) in [5, 5.41) is 10.3. The van der Waals surface area contributed by atoms with Gasteiger partial charge in [-0.05, 0) is 13.3 Å². The molecule has 0 saturated heterocycles. The van der Waals surface area contributed by atoms with Gasteiger partial charge in [0.05, 0.1) is 6.04 Å². The summed E-state index contributed by atoms with van der Waals surface area (Å²) in [7, 11) is 0. The third-order valence-electron chi connectivity index (χ3n) is 2.12. The van der Waals surface area contributed by atoms with Gasteiger partial charge in [-0.25, -0.2) is 0 Å². The topological polar surface area (TPSA) is 51.8 Å². The first-order valence-electron chi connectivity index (χ1n) is 5.32. The van der Waals surface area contributed by atoms with Gasteiger partial charge in [-0.15, -0.1) is 10.2 Å². The van der Waals surface area contributed by atoms with Crippen LogP contribution in [0.2, 0.25) is 0 Å². The molecule has 0 spiro atoms. The molecule has 0 aliphatic carbocycles. The van der Waals surface area contributed by atoms with E-state index in [0.717, 1.165) is 16.4 Å². The summed E-state index contributed by atoms with van der Waals surface area (Å²) >= 11 is 1.65. The quantitative estimate of drug-likeness (QED) is 0.739. The normalized spacial score (nSPS) is 13.1. The minimum absolute atomic E-state index is 0.0249. The molecule has 4 heteroatoms. The van der Waals surface area contributed by atoms with Gasteiger partial charge in [-0.2, -0.15) is 0 Å². The maximum absolute atomic E-state index is 5.71. The molecule has 0 saturated carbocycles. The molecule has 0 radical (unpaired) electrons. The van der Waals surface area contributed by atoms with Crippen LogP contribution in [0.3, 0.4) is 0 Å². The molecule has 0 aromatic carbocycles.